The zero-order valence-corrected chi connectivity index (χ0v) is 11.5. The molecule has 2 aromatic carbocycles. The molecule has 0 aliphatic carbocycles. The Morgan fingerprint density at radius 1 is 1.09 bits per heavy atom. The Balaban J connectivity index is 2.20. The molecule has 0 aliphatic heterocycles. The second-order valence-electron chi connectivity index (χ2n) is 4.28. The van der Waals surface area contributed by atoms with Crippen molar-refractivity contribution < 1.29 is 18.3 Å². The van der Waals surface area contributed by atoms with E-state index in [1.807, 2.05) is 30.3 Å². The Morgan fingerprint density at radius 3 is 2.55 bits per heavy atom. The average molecular weight is 305 g/mol. The fraction of sp³-hybridized carbons (Fsp3) is 0.125. The zero-order valence-electron chi connectivity index (χ0n) is 11.5. The summed E-state index contributed by atoms with van der Waals surface area (Å²) in [5.41, 5.74) is 1.48. The minimum atomic E-state index is -2.95. The van der Waals surface area contributed by atoms with Gasteiger partial charge in [0.15, 0.2) is 11.5 Å². The molecule has 0 aliphatic rings. The van der Waals surface area contributed by atoms with E-state index in [4.69, 9.17) is 4.74 Å². The Hall–Kier alpha value is -2.76. The lowest BCUT2D eigenvalue weighted by Crippen LogP contribution is -2.05. The summed E-state index contributed by atoms with van der Waals surface area (Å²) < 4.78 is 34.8. The third-order valence-electron chi connectivity index (χ3n) is 2.75. The van der Waals surface area contributed by atoms with E-state index in [1.165, 1.54) is 24.3 Å². The molecule has 0 saturated heterocycles. The van der Waals surface area contributed by atoms with E-state index < -0.39 is 6.61 Å². The summed E-state index contributed by atoms with van der Waals surface area (Å²) in [5, 5.41) is 2.60. The molecule has 0 bridgehead atoms. The monoisotopic (exact) mass is 305 g/mol. The fourth-order valence-electron chi connectivity index (χ4n) is 1.79. The largest absolute Gasteiger partial charge is 0.485 e. The summed E-state index contributed by atoms with van der Waals surface area (Å²) in [6.07, 6.45) is 2.50. The van der Waals surface area contributed by atoms with Gasteiger partial charge in [-0.25, -0.2) is 0 Å². The second kappa shape index (κ2) is 7.87. The van der Waals surface area contributed by atoms with Gasteiger partial charge in [-0.05, 0) is 34.5 Å². The van der Waals surface area contributed by atoms with E-state index in [2.05, 4.69) is 9.91 Å². The molecule has 0 radical (unpaired) electrons. The zero-order chi connectivity index (χ0) is 15.8. The molecule has 0 aromatic heterocycles. The van der Waals surface area contributed by atoms with Crippen LogP contribution in [0.5, 0.6) is 11.5 Å². The van der Waals surface area contributed by atoms with Gasteiger partial charge in [0, 0.05) is 0 Å². The van der Waals surface area contributed by atoms with E-state index in [9.17, 15) is 13.7 Å². The number of nitrogens with zero attached hydrogens (tertiary/aromatic N) is 1. The summed E-state index contributed by atoms with van der Waals surface area (Å²) in [6, 6.07) is 13.7. The van der Waals surface area contributed by atoms with Crippen molar-refractivity contribution in [3.8, 4) is 11.5 Å². The van der Waals surface area contributed by atoms with Crippen molar-refractivity contribution in [2.75, 3.05) is 0 Å². The van der Waals surface area contributed by atoms with Crippen LogP contribution in [0.25, 0.3) is 6.08 Å². The van der Waals surface area contributed by atoms with Crippen molar-refractivity contribution in [3.63, 3.8) is 0 Å². The molecule has 0 fully saturated rings. The molecule has 22 heavy (non-hydrogen) atoms. The molecule has 6 heteroatoms. The maximum atomic E-state index is 12.4. The smallest absolute Gasteiger partial charge is 0.387 e. The van der Waals surface area contributed by atoms with Gasteiger partial charge in [-0.2, -0.15) is 8.78 Å². The van der Waals surface area contributed by atoms with Gasteiger partial charge in [0.1, 0.15) is 6.61 Å². The minimum absolute atomic E-state index is 0.0675. The van der Waals surface area contributed by atoms with Crippen LogP contribution < -0.4 is 9.47 Å². The number of hydrogen-bond acceptors (Lipinski definition) is 4. The number of halogens is 2. The van der Waals surface area contributed by atoms with Crippen LogP contribution in [0.4, 0.5) is 8.78 Å². The molecule has 0 unspecified atom stereocenters. The molecule has 0 amide bonds. The Morgan fingerprint density at radius 2 is 1.86 bits per heavy atom. The molecule has 0 spiro atoms. The van der Waals surface area contributed by atoms with Gasteiger partial charge < -0.3 is 9.47 Å². The number of benzene rings is 2. The van der Waals surface area contributed by atoms with Crippen LogP contribution in [-0.4, -0.2) is 6.61 Å². The van der Waals surface area contributed by atoms with Crippen LogP contribution in [0.3, 0.4) is 0 Å². The number of ether oxygens (including phenoxy) is 2. The molecule has 0 atom stereocenters. The van der Waals surface area contributed by atoms with E-state index in [1.54, 1.807) is 0 Å². The third-order valence-corrected chi connectivity index (χ3v) is 2.75. The average Bonchev–Trinajstić information content (AvgIpc) is 2.53. The molecule has 2 aromatic rings. The Kier molecular flexibility index (Phi) is 5.59. The van der Waals surface area contributed by atoms with Gasteiger partial charge in [0.2, 0.25) is 0 Å². The summed E-state index contributed by atoms with van der Waals surface area (Å²) in [7, 11) is 0. The normalized spacial score (nSPS) is 10.9. The van der Waals surface area contributed by atoms with Crippen LogP contribution in [0.2, 0.25) is 0 Å². The van der Waals surface area contributed by atoms with Crippen molar-refractivity contribution in [1.82, 2.24) is 0 Å². The summed E-state index contributed by atoms with van der Waals surface area (Å²) in [4.78, 5) is 10.1. The number of alkyl halides is 2. The molecule has 0 heterocycles. The first-order valence-corrected chi connectivity index (χ1v) is 6.43. The lowest BCUT2D eigenvalue weighted by atomic mass is 10.2. The summed E-state index contributed by atoms with van der Waals surface area (Å²) in [5.74, 6) is 0.0966. The number of rotatable bonds is 7. The predicted octanol–water partition coefficient (Wildman–Crippen LogP) is 4.60. The van der Waals surface area contributed by atoms with Gasteiger partial charge in [-0.3, -0.25) is 0 Å². The van der Waals surface area contributed by atoms with Crippen LogP contribution in [-0.2, 0) is 6.61 Å². The van der Waals surface area contributed by atoms with Gasteiger partial charge in [-0.1, -0.05) is 36.4 Å². The molecule has 0 N–H and O–H groups in total. The van der Waals surface area contributed by atoms with Crippen LogP contribution in [0.1, 0.15) is 11.1 Å². The standard InChI is InChI=1S/C16H13F2NO3/c17-16(18)22-14-7-6-12(8-9-19-20)10-15(14)21-11-13-4-2-1-3-5-13/h1-10,16H,11H2/b9-8+. The van der Waals surface area contributed by atoms with Crippen LogP contribution >= 0.6 is 0 Å². The van der Waals surface area contributed by atoms with Crippen LogP contribution in [0, 0.1) is 4.91 Å². The number of hydrogen-bond donors (Lipinski definition) is 0. The minimum Gasteiger partial charge on any atom is -0.485 e. The molecule has 114 valence electrons. The Bertz CT molecular complexity index is 645. The second-order valence-corrected chi connectivity index (χ2v) is 4.28. The van der Waals surface area contributed by atoms with E-state index >= 15 is 0 Å². The summed E-state index contributed by atoms with van der Waals surface area (Å²) >= 11 is 0. The van der Waals surface area contributed by atoms with Crippen molar-refractivity contribution in [3.05, 3.63) is 70.8 Å². The highest BCUT2D eigenvalue weighted by Crippen LogP contribution is 2.31. The van der Waals surface area contributed by atoms with Crippen molar-refractivity contribution in [2.45, 2.75) is 13.2 Å². The van der Waals surface area contributed by atoms with Gasteiger partial charge in [0.25, 0.3) is 0 Å². The lowest BCUT2D eigenvalue weighted by Gasteiger charge is -2.13. The molecular weight excluding hydrogens is 292 g/mol. The highest BCUT2D eigenvalue weighted by molar-refractivity contribution is 5.55. The highest BCUT2D eigenvalue weighted by atomic mass is 19.3. The van der Waals surface area contributed by atoms with Gasteiger partial charge in [0.05, 0.1) is 6.20 Å². The van der Waals surface area contributed by atoms with Crippen molar-refractivity contribution >= 4 is 6.08 Å². The lowest BCUT2D eigenvalue weighted by molar-refractivity contribution is -0.0515. The first-order valence-electron chi connectivity index (χ1n) is 6.43. The highest BCUT2D eigenvalue weighted by Gasteiger charge is 2.11. The number of nitroso groups, excluding NO2 is 1. The summed E-state index contributed by atoms with van der Waals surface area (Å²) in [6.45, 7) is -2.74. The predicted molar refractivity (Wildman–Crippen MR) is 78.7 cm³/mol. The quantitative estimate of drug-likeness (QED) is 0.702. The maximum Gasteiger partial charge on any atom is 0.387 e. The van der Waals surface area contributed by atoms with E-state index in [0.29, 0.717) is 5.56 Å². The molecule has 4 nitrogen and oxygen atoms in total. The van der Waals surface area contributed by atoms with Crippen molar-refractivity contribution in [1.29, 1.82) is 0 Å². The fourth-order valence-corrected chi connectivity index (χ4v) is 1.79. The van der Waals surface area contributed by atoms with E-state index in [0.717, 1.165) is 11.8 Å². The molecule has 2 rings (SSSR count). The third kappa shape index (κ3) is 4.66. The van der Waals surface area contributed by atoms with Crippen LogP contribution in [0.15, 0.2) is 59.9 Å². The topological polar surface area (TPSA) is 47.9 Å². The Labute approximate surface area is 126 Å². The first kappa shape index (κ1) is 15.6. The first-order chi connectivity index (χ1) is 10.7. The van der Waals surface area contributed by atoms with Crippen molar-refractivity contribution in [2.24, 2.45) is 5.18 Å². The molecular formula is C16H13F2NO3. The SMILES string of the molecule is O=N/C=C/c1ccc(OC(F)F)c(OCc2ccccc2)c1. The van der Waals surface area contributed by atoms with Gasteiger partial charge >= 0.3 is 6.61 Å². The van der Waals surface area contributed by atoms with Gasteiger partial charge in [-0.15, -0.1) is 4.91 Å². The molecule has 0 saturated carbocycles. The maximum absolute atomic E-state index is 12.4. The van der Waals surface area contributed by atoms with E-state index in [-0.39, 0.29) is 18.1 Å².